The predicted octanol–water partition coefficient (Wildman–Crippen LogP) is 2.93. The van der Waals surface area contributed by atoms with Crippen molar-refractivity contribution in [3.63, 3.8) is 0 Å². The summed E-state index contributed by atoms with van der Waals surface area (Å²) < 4.78 is 4.85. The van der Waals surface area contributed by atoms with Gasteiger partial charge >= 0.3 is 5.97 Å². The molecule has 0 aromatic carbocycles. The molecular weight excluding hydrogens is 176 g/mol. The normalized spacial score (nSPS) is 26.2. The van der Waals surface area contributed by atoms with Crippen LogP contribution in [0.3, 0.4) is 0 Å². The number of hydrogen-bond acceptors (Lipinski definition) is 2. The van der Waals surface area contributed by atoms with Crippen LogP contribution in [-0.2, 0) is 9.53 Å². The third-order valence-electron chi connectivity index (χ3n) is 3.64. The largest absolute Gasteiger partial charge is 0.466 e. The van der Waals surface area contributed by atoms with Crippen molar-refractivity contribution in [3.05, 3.63) is 11.1 Å². The number of carbonyl (C=O) groups excluding carboxylic acids is 1. The van der Waals surface area contributed by atoms with Crippen molar-refractivity contribution >= 4 is 5.97 Å². The van der Waals surface area contributed by atoms with Gasteiger partial charge in [0, 0.05) is 5.57 Å². The molecule has 14 heavy (non-hydrogen) atoms. The maximum atomic E-state index is 11.7. The van der Waals surface area contributed by atoms with Gasteiger partial charge in [-0.3, -0.25) is 0 Å². The molecule has 1 aliphatic carbocycles. The van der Waals surface area contributed by atoms with Gasteiger partial charge in [0.2, 0.25) is 0 Å². The number of esters is 1. The number of methoxy groups -OCH3 is 1. The third kappa shape index (κ3) is 1.70. The SMILES string of the molecule is COC(=O)C1=C(C)CCC(C)C1(C)C. The van der Waals surface area contributed by atoms with Crippen molar-refractivity contribution in [1.29, 1.82) is 0 Å². The molecule has 0 aromatic rings. The molecule has 0 saturated heterocycles. The first-order chi connectivity index (χ1) is 6.41. The highest BCUT2D eigenvalue weighted by Crippen LogP contribution is 2.44. The van der Waals surface area contributed by atoms with Crippen LogP contribution >= 0.6 is 0 Å². The van der Waals surface area contributed by atoms with Crippen LogP contribution in [0.2, 0.25) is 0 Å². The molecule has 2 heteroatoms. The van der Waals surface area contributed by atoms with Crippen LogP contribution in [0.15, 0.2) is 11.1 Å². The molecule has 0 bridgehead atoms. The highest BCUT2D eigenvalue weighted by atomic mass is 16.5. The molecule has 2 nitrogen and oxygen atoms in total. The Bertz CT molecular complexity index is 274. The van der Waals surface area contributed by atoms with Gasteiger partial charge in [-0.1, -0.05) is 26.3 Å². The zero-order chi connectivity index (χ0) is 10.9. The Morgan fingerprint density at radius 2 is 2.07 bits per heavy atom. The van der Waals surface area contributed by atoms with Crippen LogP contribution in [-0.4, -0.2) is 13.1 Å². The summed E-state index contributed by atoms with van der Waals surface area (Å²) in [7, 11) is 1.46. The van der Waals surface area contributed by atoms with E-state index in [4.69, 9.17) is 4.74 Å². The van der Waals surface area contributed by atoms with E-state index in [1.165, 1.54) is 19.1 Å². The van der Waals surface area contributed by atoms with E-state index in [2.05, 4.69) is 20.8 Å². The number of allylic oxidation sites excluding steroid dienone is 1. The molecule has 1 atom stereocenters. The maximum Gasteiger partial charge on any atom is 0.334 e. The van der Waals surface area contributed by atoms with Crippen LogP contribution in [0.4, 0.5) is 0 Å². The Kier molecular flexibility index (Phi) is 3.03. The first-order valence-electron chi connectivity index (χ1n) is 5.19. The van der Waals surface area contributed by atoms with Gasteiger partial charge in [-0.25, -0.2) is 4.79 Å². The Morgan fingerprint density at radius 1 is 1.50 bits per heavy atom. The fourth-order valence-corrected chi connectivity index (χ4v) is 2.25. The molecule has 0 fully saturated rings. The summed E-state index contributed by atoms with van der Waals surface area (Å²) in [6.07, 6.45) is 2.19. The minimum atomic E-state index is -0.154. The van der Waals surface area contributed by atoms with Crippen LogP contribution in [0.25, 0.3) is 0 Å². The van der Waals surface area contributed by atoms with Gasteiger partial charge in [0.05, 0.1) is 7.11 Å². The van der Waals surface area contributed by atoms with E-state index >= 15 is 0 Å². The molecule has 0 aliphatic heterocycles. The van der Waals surface area contributed by atoms with Crippen molar-refractivity contribution in [2.45, 2.75) is 40.5 Å². The molecule has 0 radical (unpaired) electrons. The summed E-state index contributed by atoms with van der Waals surface area (Å²) in [6, 6.07) is 0. The average molecular weight is 196 g/mol. The van der Waals surface area contributed by atoms with E-state index in [-0.39, 0.29) is 11.4 Å². The Balaban J connectivity index is 3.13. The molecule has 80 valence electrons. The van der Waals surface area contributed by atoms with Crippen molar-refractivity contribution in [3.8, 4) is 0 Å². The fraction of sp³-hybridized carbons (Fsp3) is 0.750. The molecule has 1 unspecified atom stereocenters. The zero-order valence-electron chi connectivity index (χ0n) is 9.81. The lowest BCUT2D eigenvalue weighted by molar-refractivity contribution is -0.138. The summed E-state index contributed by atoms with van der Waals surface area (Å²) in [6.45, 7) is 8.51. The van der Waals surface area contributed by atoms with Gasteiger partial charge in [-0.05, 0) is 31.1 Å². The number of hydrogen-bond donors (Lipinski definition) is 0. The minimum absolute atomic E-state index is 0.0462. The van der Waals surface area contributed by atoms with Gasteiger partial charge in [-0.15, -0.1) is 0 Å². The topological polar surface area (TPSA) is 26.3 Å². The fourth-order valence-electron chi connectivity index (χ4n) is 2.25. The van der Waals surface area contributed by atoms with E-state index in [1.54, 1.807) is 0 Å². The Labute approximate surface area is 86.3 Å². The zero-order valence-corrected chi connectivity index (χ0v) is 9.81. The van der Waals surface area contributed by atoms with Crippen molar-refractivity contribution in [2.24, 2.45) is 11.3 Å². The molecule has 0 spiro atoms. The van der Waals surface area contributed by atoms with Crippen molar-refractivity contribution < 1.29 is 9.53 Å². The summed E-state index contributed by atoms with van der Waals surface area (Å²) >= 11 is 0. The van der Waals surface area contributed by atoms with Crippen LogP contribution in [0, 0.1) is 11.3 Å². The van der Waals surface area contributed by atoms with Gasteiger partial charge in [0.15, 0.2) is 0 Å². The molecule has 0 saturated carbocycles. The van der Waals surface area contributed by atoms with E-state index < -0.39 is 0 Å². The van der Waals surface area contributed by atoms with Crippen LogP contribution in [0.5, 0.6) is 0 Å². The quantitative estimate of drug-likeness (QED) is 0.603. The standard InChI is InChI=1S/C12H20O2/c1-8-6-7-9(2)12(3,4)10(8)11(13)14-5/h9H,6-7H2,1-5H3. The smallest absolute Gasteiger partial charge is 0.334 e. The first-order valence-corrected chi connectivity index (χ1v) is 5.19. The number of rotatable bonds is 1. The van der Waals surface area contributed by atoms with Crippen molar-refractivity contribution in [1.82, 2.24) is 0 Å². The predicted molar refractivity (Wildman–Crippen MR) is 56.9 cm³/mol. The maximum absolute atomic E-state index is 11.7. The van der Waals surface area contributed by atoms with Gasteiger partial charge in [0.25, 0.3) is 0 Å². The summed E-state index contributed by atoms with van der Waals surface area (Å²) in [5, 5.41) is 0. The number of ether oxygens (including phenoxy) is 1. The van der Waals surface area contributed by atoms with Gasteiger partial charge in [-0.2, -0.15) is 0 Å². The lowest BCUT2D eigenvalue weighted by Gasteiger charge is -2.38. The van der Waals surface area contributed by atoms with Gasteiger partial charge < -0.3 is 4.74 Å². The molecule has 0 heterocycles. The highest BCUT2D eigenvalue weighted by Gasteiger charge is 2.38. The van der Waals surface area contributed by atoms with Gasteiger partial charge in [0.1, 0.15) is 0 Å². The van der Waals surface area contributed by atoms with E-state index in [0.717, 1.165) is 12.0 Å². The first kappa shape index (κ1) is 11.3. The molecule has 0 amide bonds. The Morgan fingerprint density at radius 3 is 2.57 bits per heavy atom. The van der Waals surface area contributed by atoms with Crippen LogP contribution < -0.4 is 0 Å². The lowest BCUT2D eigenvalue weighted by Crippen LogP contribution is -2.33. The minimum Gasteiger partial charge on any atom is -0.466 e. The Hall–Kier alpha value is -0.790. The second-order valence-corrected chi connectivity index (χ2v) is 4.81. The second kappa shape index (κ2) is 3.76. The average Bonchev–Trinajstić information content (AvgIpc) is 2.11. The molecule has 1 aliphatic rings. The third-order valence-corrected chi connectivity index (χ3v) is 3.64. The van der Waals surface area contributed by atoms with Crippen molar-refractivity contribution in [2.75, 3.05) is 7.11 Å². The molecule has 0 N–H and O–H groups in total. The van der Waals surface area contributed by atoms with E-state index in [1.807, 2.05) is 6.92 Å². The monoisotopic (exact) mass is 196 g/mol. The second-order valence-electron chi connectivity index (χ2n) is 4.81. The van der Waals surface area contributed by atoms with Crippen LogP contribution in [0.1, 0.15) is 40.5 Å². The molecule has 1 rings (SSSR count). The number of carbonyl (C=O) groups is 1. The van der Waals surface area contributed by atoms with E-state index in [9.17, 15) is 4.79 Å². The highest BCUT2D eigenvalue weighted by molar-refractivity contribution is 5.90. The summed E-state index contributed by atoms with van der Waals surface area (Å²) in [5.74, 6) is 0.388. The summed E-state index contributed by atoms with van der Waals surface area (Å²) in [5.41, 5.74) is 2.04. The molecular formula is C12H20O2. The molecule has 0 aromatic heterocycles. The lowest BCUT2D eigenvalue weighted by atomic mass is 9.66. The summed E-state index contributed by atoms with van der Waals surface area (Å²) in [4.78, 5) is 11.7. The van der Waals surface area contributed by atoms with E-state index in [0.29, 0.717) is 5.92 Å².